The molecule has 11 heteroatoms. The van der Waals surface area contributed by atoms with Gasteiger partial charge >= 0.3 is 6.09 Å². The normalized spacial score (nSPS) is 21.3. The van der Waals surface area contributed by atoms with E-state index in [0.29, 0.717) is 24.1 Å². The van der Waals surface area contributed by atoms with E-state index in [9.17, 15) is 19.7 Å². The number of rotatable bonds is 3. The van der Waals surface area contributed by atoms with Crippen LogP contribution in [0.3, 0.4) is 0 Å². The van der Waals surface area contributed by atoms with Gasteiger partial charge in [0.15, 0.2) is 11.0 Å². The van der Waals surface area contributed by atoms with Crippen molar-refractivity contribution in [2.75, 3.05) is 13.2 Å². The Bertz CT molecular complexity index is 1030. The first kappa shape index (κ1) is 17.2. The Balaban J connectivity index is 1.79. The average molecular weight is 390 g/mol. The largest absolute Gasteiger partial charge is 0.455 e. The number of H-pyrrole nitrogens is 2. The summed E-state index contributed by atoms with van der Waals surface area (Å²) >= 11 is 5.01. The number of cyclic esters (lactones) is 1. The zero-order valence-electron chi connectivity index (χ0n) is 13.8. The van der Waals surface area contributed by atoms with Crippen LogP contribution in [0.2, 0.25) is 0 Å². The number of non-ortho nitro benzene ring substituents is 1. The van der Waals surface area contributed by atoms with Gasteiger partial charge in [-0.3, -0.25) is 24.8 Å². The van der Waals surface area contributed by atoms with E-state index in [-0.39, 0.29) is 22.9 Å². The molecule has 0 saturated carbocycles. The molecule has 2 aliphatic heterocycles. The number of benzene rings is 1. The van der Waals surface area contributed by atoms with Crippen molar-refractivity contribution in [1.29, 1.82) is 0 Å². The Hall–Kier alpha value is -3.21. The molecule has 0 bridgehead atoms. The second-order valence-electron chi connectivity index (χ2n) is 6.17. The number of aromatic amines is 2. The number of nitro benzene ring substituents is 1. The fourth-order valence-electron chi connectivity index (χ4n) is 3.38. The van der Waals surface area contributed by atoms with Crippen LogP contribution >= 0.6 is 12.2 Å². The highest BCUT2D eigenvalue weighted by atomic mass is 32.1. The summed E-state index contributed by atoms with van der Waals surface area (Å²) < 4.78 is 10.9. The van der Waals surface area contributed by atoms with Gasteiger partial charge in [-0.15, -0.1) is 0 Å². The van der Waals surface area contributed by atoms with Crippen molar-refractivity contribution in [1.82, 2.24) is 14.9 Å². The van der Waals surface area contributed by atoms with E-state index < -0.39 is 28.7 Å². The van der Waals surface area contributed by atoms with Gasteiger partial charge in [0, 0.05) is 24.5 Å². The third kappa shape index (κ3) is 3.05. The lowest BCUT2D eigenvalue weighted by atomic mass is 9.87. The molecule has 2 aliphatic rings. The molecule has 1 fully saturated rings. The second-order valence-corrected chi connectivity index (χ2v) is 6.58. The predicted molar refractivity (Wildman–Crippen MR) is 94.3 cm³/mol. The molecule has 10 nitrogen and oxygen atoms in total. The number of amides is 1. The molecule has 0 spiro atoms. The molecule has 2 aromatic rings. The summed E-state index contributed by atoms with van der Waals surface area (Å²) in [4.78, 5) is 41.6. The summed E-state index contributed by atoms with van der Waals surface area (Å²) in [7, 11) is 0. The summed E-state index contributed by atoms with van der Waals surface area (Å²) in [5.41, 5.74) is 0.576. The number of hydrogen-bond acceptors (Lipinski definition) is 7. The molecule has 140 valence electrons. The van der Waals surface area contributed by atoms with Gasteiger partial charge in [-0.25, -0.2) is 4.79 Å². The van der Waals surface area contributed by atoms with Gasteiger partial charge < -0.3 is 14.5 Å². The number of nitro groups is 1. The van der Waals surface area contributed by atoms with Crippen LogP contribution in [0.15, 0.2) is 29.1 Å². The molecular weight excluding hydrogens is 376 g/mol. The standard InChI is InChI=1S/C16H14N4O6S/c21-13-12-10(8-1-3-9(4-2-8)20(23)24)7-11(19-5-6-25-16(19)22)26-14(12)18-15(27)17-13/h1-4,10-11H,5-7H2,(H2,17,18,21,27)/t10-,11+/m0/s1. The van der Waals surface area contributed by atoms with E-state index in [4.69, 9.17) is 21.7 Å². The fourth-order valence-corrected chi connectivity index (χ4v) is 3.56. The highest BCUT2D eigenvalue weighted by molar-refractivity contribution is 7.71. The number of carbonyl (C=O) groups excluding carboxylic acids is 1. The summed E-state index contributed by atoms with van der Waals surface area (Å²) in [6.07, 6.45) is -0.845. The second kappa shape index (κ2) is 6.50. The molecule has 1 aromatic carbocycles. The van der Waals surface area contributed by atoms with Gasteiger partial charge in [-0.05, 0) is 17.8 Å². The van der Waals surface area contributed by atoms with Crippen molar-refractivity contribution in [2.45, 2.75) is 18.6 Å². The van der Waals surface area contributed by atoms with E-state index >= 15 is 0 Å². The molecule has 4 rings (SSSR count). The van der Waals surface area contributed by atoms with E-state index in [0.717, 1.165) is 0 Å². The van der Waals surface area contributed by atoms with Crippen LogP contribution in [0.1, 0.15) is 23.5 Å². The summed E-state index contributed by atoms with van der Waals surface area (Å²) in [6, 6.07) is 5.95. The van der Waals surface area contributed by atoms with Gasteiger partial charge in [-0.1, -0.05) is 12.1 Å². The molecule has 3 heterocycles. The van der Waals surface area contributed by atoms with Crippen LogP contribution in [-0.2, 0) is 4.74 Å². The summed E-state index contributed by atoms with van der Waals surface area (Å²) in [5, 5.41) is 10.9. The zero-order chi connectivity index (χ0) is 19.1. The number of carbonyl (C=O) groups is 1. The van der Waals surface area contributed by atoms with Crippen LogP contribution in [-0.4, -0.2) is 45.3 Å². The molecule has 1 aromatic heterocycles. The Morgan fingerprint density at radius 3 is 2.59 bits per heavy atom. The number of fused-ring (bicyclic) bond motifs is 1. The third-order valence-corrected chi connectivity index (χ3v) is 4.83. The topological polar surface area (TPSA) is 131 Å². The molecule has 2 N–H and O–H groups in total. The number of ether oxygens (including phenoxy) is 2. The van der Waals surface area contributed by atoms with Gasteiger partial charge in [0.25, 0.3) is 11.2 Å². The predicted octanol–water partition coefficient (Wildman–Crippen LogP) is 2.03. The van der Waals surface area contributed by atoms with Crippen molar-refractivity contribution in [3.63, 3.8) is 0 Å². The average Bonchev–Trinajstić information content (AvgIpc) is 3.06. The highest BCUT2D eigenvalue weighted by Gasteiger charge is 2.39. The van der Waals surface area contributed by atoms with Crippen molar-refractivity contribution in [2.24, 2.45) is 0 Å². The van der Waals surface area contributed by atoms with E-state index in [1.54, 1.807) is 12.1 Å². The molecule has 1 saturated heterocycles. The first-order valence-corrected chi connectivity index (χ1v) is 8.56. The molecular formula is C16H14N4O6S. The molecule has 2 atom stereocenters. The lowest BCUT2D eigenvalue weighted by molar-refractivity contribution is -0.384. The lowest BCUT2D eigenvalue weighted by Crippen LogP contribution is -2.45. The fraction of sp³-hybridized carbons (Fsp3) is 0.312. The lowest BCUT2D eigenvalue weighted by Gasteiger charge is -2.34. The number of aromatic nitrogens is 2. The molecule has 0 radical (unpaired) electrons. The maximum Gasteiger partial charge on any atom is 0.412 e. The molecule has 27 heavy (non-hydrogen) atoms. The van der Waals surface area contributed by atoms with Crippen molar-refractivity contribution >= 4 is 24.0 Å². The first-order valence-electron chi connectivity index (χ1n) is 8.15. The van der Waals surface area contributed by atoms with Gasteiger partial charge in [-0.2, -0.15) is 0 Å². The molecule has 0 aliphatic carbocycles. The van der Waals surface area contributed by atoms with Crippen LogP contribution in [0.25, 0.3) is 0 Å². The smallest absolute Gasteiger partial charge is 0.412 e. The Morgan fingerprint density at radius 1 is 1.22 bits per heavy atom. The minimum absolute atomic E-state index is 0.0490. The monoisotopic (exact) mass is 390 g/mol. The van der Waals surface area contributed by atoms with Crippen LogP contribution in [0.5, 0.6) is 5.88 Å². The van der Waals surface area contributed by atoms with Gasteiger partial charge in [0.05, 0.1) is 17.0 Å². The highest BCUT2D eigenvalue weighted by Crippen LogP contribution is 2.38. The van der Waals surface area contributed by atoms with Gasteiger partial charge in [0.1, 0.15) is 6.61 Å². The minimum Gasteiger partial charge on any atom is -0.455 e. The minimum atomic E-state index is -0.653. The van der Waals surface area contributed by atoms with Crippen molar-refractivity contribution in [3.8, 4) is 5.88 Å². The quantitative estimate of drug-likeness (QED) is 0.466. The van der Waals surface area contributed by atoms with Crippen LogP contribution in [0.4, 0.5) is 10.5 Å². The van der Waals surface area contributed by atoms with Gasteiger partial charge in [0.2, 0.25) is 5.88 Å². The van der Waals surface area contributed by atoms with Crippen LogP contribution < -0.4 is 10.3 Å². The van der Waals surface area contributed by atoms with Crippen molar-refractivity contribution in [3.05, 3.63) is 60.6 Å². The number of hydrogen-bond donors (Lipinski definition) is 2. The Labute approximate surface area is 156 Å². The summed E-state index contributed by atoms with van der Waals surface area (Å²) in [6.45, 7) is 0.634. The van der Waals surface area contributed by atoms with Crippen molar-refractivity contribution < 1.29 is 19.2 Å². The third-order valence-electron chi connectivity index (χ3n) is 4.63. The van der Waals surface area contributed by atoms with E-state index in [1.807, 2.05) is 0 Å². The Kier molecular flexibility index (Phi) is 4.15. The zero-order valence-corrected chi connectivity index (χ0v) is 14.7. The maximum absolute atomic E-state index is 12.5. The van der Waals surface area contributed by atoms with E-state index in [1.165, 1.54) is 17.0 Å². The maximum atomic E-state index is 12.5. The Morgan fingerprint density at radius 2 is 1.96 bits per heavy atom. The molecule has 0 unspecified atom stereocenters. The molecule has 1 amide bonds. The number of nitrogens with zero attached hydrogens (tertiary/aromatic N) is 2. The first-order chi connectivity index (χ1) is 12.9. The number of nitrogens with one attached hydrogen (secondary N) is 2. The summed E-state index contributed by atoms with van der Waals surface area (Å²) in [5.74, 6) is -0.258. The SMILES string of the molecule is O=C1OCCN1[C@H]1C[C@@H](c2ccc([N+](=O)[O-])cc2)c2c([nH]c(=S)[nH]c2=O)O1. The van der Waals surface area contributed by atoms with Crippen LogP contribution in [0, 0.1) is 14.9 Å². The van der Waals surface area contributed by atoms with E-state index in [2.05, 4.69) is 9.97 Å².